The molecule has 0 spiro atoms. The summed E-state index contributed by atoms with van der Waals surface area (Å²) in [6.45, 7) is 14.5. The molecule has 2 N–H and O–H groups in total. The van der Waals surface area contributed by atoms with Crippen molar-refractivity contribution in [3.63, 3.8) is 0 Å². The summed E-state index contributed by atoms with van der Waals surface area (Å²) < 4.78 is 38.1. The molecule has 2 rings (SSSR count). The van der Waals surface area contributed by atoms with E-state index in [0.29, 0.717) is 57.8 Å². The predicted molar refractivity (Wildman–Crippen MR) is 168 cm³/mol. The van der Waals surface area contributed by atoms with Gasteiger partial charge in [0.15, 0.2) is 0 Å². The highest BCUT2D eigenvalue weighted by molar-refractivity contribution is 7.89. The minimum Gasteiger partial charge on any atom is -0.460 e. The summed E-state index contributed by atoms with van der Waals surface area (Å²) in [5.41, 5.74) is -1.29. The van der Waals surface area contributed by atoms with Gasteiger partial charge in [-0.1, -0.05) is 13.3 Å². The van der Waals surface area contributed by atoms with Gasteiger partial charge in [0.1, 0.15) is 11.2 Å². The third-order valence-corrected chi connectivity index (χ3v) is 9.19. The zero-order chi connectivity index (χ0) is 33.1. The number of hydrogen-bond donors (Lipinski definition) is 2. The number of sulfonamides is 1. The molecule has 0 aromatic rings. The van der Waals surface area contributed by atoms with E-state index in [1.807, 2.05) is 27.7 Å². The molecule has 44 heavy (non-hydrogen) atoms. The smallest absolute Gasteiger partial charge is 0.410 e. The van der Waals surface area contributed by atoms with Crippen molar-refractivity contribution in [3.8, 4) is 0 Å². The van der Waals surface area contributed by atoms with Gasteiger partial charge in [-0.05, 0) is 86.0 Å². The number of likely N-dealkylation sites (tertiary alicyclic amines) is 2. The van der Waals surface area contributed by atoms with Crippen LogP contribution in [0.3, 0.4) is 0 Å². The lowest BCUT2D eigenvalue weighted by molar-refractivity contribution is -0.159. The Labute approximate surface area is 264 Å². The van der Waals surface area contributed by atoms with Crippen molar-refractivity contribution in [2.45, 2.75) is 111 Å². The molecule has 0 unspecified atom stereocenters. The molecule has 2 atom stereocenters. The van der Waals surface area contributed by atoms with Crippen LogP contribution < -0.4 is 10.0 Å². The van der Waals surface area contributed by atoms with Crippen LogP contribution in [0.4, 0.5) is 4.79 Å². The molecule has 2 saturated heterocycles. The lowest BCUT2D eigenvalue weighted by Crippen LogP contribution is -2.48. The molecule has 0 aromatic carbocycles. The summed E-state index contributed by atoms with van der Waals surface area (Å²) in [6, 6.07) is 0. The van der Waals surface area contributed by atoms with E-state index in [2.05, 4.69) is 10.0 Å². The zero-order valence-corrected chi connectivity index (χ0v) is 28.7. The van der Waals surface area contributed by atoms with Crippen molar-refractivity contribution in [1.82, 2.24) is 19.8 Å². The Hall–Kier alpha value is -2.41. The van der Waals surface area contributed by atoms with E-state index in [1.165, 1.54) is 0 Å². The first-order valence-electron chi connectivity index (χ1n) is 16.1. The number of carbonyl (C=O) groups is 4. The molecular weight excluding hydrogens is 588 g/mol. The second-order valence-corrected chi connectivity index (χ2v) is 16.1. The largest absolute Gasteiger partial charge is 0.460 e. The quantitative estimate of drug-likeness (QED) is 0.290. The molecule has 0 aromatic heterocycles. The molecule has 254 valence electrons. The first kappa shape index (κ1) is 37.8. The number of amides is 3. The number of nitrogens with zero attached hydrogens (tertiary/aromatic N) is 2. The van der Waals surface area contributed by atoms with Crippen molar-refractivity contribution in [1.29, 1.82) is 0 Å². The van der Waals surface area contributed by atoms with Crippen molar-refractivity contribution in [2.24, 2.45) is 17.8 Å². The lowest BCUT2D eigenvalue weighted by Gasteiger charge is -2.34. The third kappa shape index (κ3) is 14.1. The molecule has 0 bridgehead atoms. The molecule has 2 aliphatic heterocycles. The average molecular weight is 645 g/mol. The third-order valence-electron chi connectivity index (χ3n) is 7.76. The lowest BCUT2D eigenvalue weighted by atomic mass is 9.91. The van der Waals surface area contributed by atoms with Crippen LogP contribution >= 0.6 is 0 Å². The number of rotatable bonds is 13. The van der Waals surface area contributed by atoms with Gasteiger partial charge >= 0.3 is 12.1 Å². The van der Waals surface area contributed by atoms with Gasteiger partial charge in [-0.2, -0.15) is 0 Å². The normalized spacial score (nSPS) is 19.3. The Bertz CT molecular complexity index is 1080. The molecule has 0 saturated carbocycles. The molecule has 12 nitrogen and oxygen atoms in total. The Balaban J connectivity index is 1.85. The number of esters is 1. The summed E-state index contributed by atoms with van der Waals surface area (Å²) >= 11 is 0. The van der Waals surface area contributed by atoms with Crippen molar-refractivity contribution in [2.75, 3.05) is 45.0 Å². The fourth-order valence-corrected chi connectivity index (χ4v) is 6.53. The molecular formula is C31H56N4O8S. The van der Waals surface area contributed by atoms with Gasteiger partial charge in [0, 0.05) is 45.7 Å². The minimum absolute atomic E-state index is 0.0187. The van der Waals surface area contributed by atoms with Gasteiger partial charge in [0.05, 0.1) is 17.6 Å². The maximum atomic E-state index is 13.1. The van der Waals surface area contributed by atoms with Crippen LogP contribution in [0.5, 0.6) is 0 Å². The summed E-state index contributed by atoms with van der Waals surface area (Å²) in [6.07, 6.45) is 5.04. The maximum Gasteiger partial charge on any atom is 0.410 e. The zero-order valence-electron chi connectivity index (χ0n) is 27.9. The number of unbranched alkanes of at least 4 members (excludes halogenated alkanes) is 1. The van der Waals surface area contributed by atoms with Crippen LogP contribution in [0.15, 0.2) is 0 Å². The highest BCUT2D eigenvalue weighted by atomic mass is 32.2. The molecule has 2 heterocycles. The van der Waals surface area contributed by atoms with Gasteiger partial charge in [-0.3, -0.25) is 14.4 Å². The first-order valence-corrected chi connectivity index (χ1v) is 17.8. The van der Waals surface area contributed by atoms with Gasteiger partial charge < -0.3 is 24.6 Å². The highest BCUT2D eigenvalue weighted by Gasteiger charge is 2.32. The molecule has 2 fully saturated rings. The van der Waals surface area contributed by atoms with Gasteiger partial charge in [-0.15, -0.1) is 0 Å². The van der Waals surface area contributed by atoms with E-state index in [1.54, 1.807) is 30.6 Å². The van der Waals surface area contributed by atoms with E-state index >= 15 is 0 Å². The monoisotopic (exact) mass is 644 g/mol. The van der Waals surface area contributed by atoms with Gasteiger partial charge in [-0.25, -0.2) is 17.9 Å². The number of nitrogens with one attached hydrogen (secondary N) is 2. The van der Waals surface area contributed by atoms with Crippen LogP contribution in [0.25, 0.3) is 0 Å². The van der Waals surface area contributed by atoms with Crippen LogP contribution in [0.1, 0.15) is 99.8 Å². The number of carbonyl (C=O) groups excluding carboxylic acids is 4. The Morgan fingerprint density at radius 2 is 1.52 bits per heavy atom. The SMILES string of the molecule is CCCCS(=O)(=O)NC[C@H](CNC(=O)[C@@H]1CCCN(C(=O)CCC2CCN(C(=O)OC(C)(C)C)CC2)C1)C(=O)OC(C)(C)C. The average Bonchev–Trinajstić information content (AvgIpc) is 2.93. The van der Waals surface area contributed by atoms with Crippen LogP contribution in [-0.2, 0) is 33.9 Å². The number of hydrogen-bond acceptors (Lipinski definition) is 8. The second kappa shape index (κ2) is 16.8. The summed E-state index contributed by atoms with van der Waals surface area (Å²) in [7, 11) is -3.56. The summed E-state index contributed by atoms with van der Waals surface area (Å²) in [4.78, 5) is 54.8. The Morgan fingerprint density at radius 3 is 2.11 bits per heavy atom. The second-order valence-electron chi connectivity index (χ2n) is 14.1. The molecule has 2 aliphatic rings. The fraction of sp³-hybridized carbons (Fsp3) is 0.871. The maximum absolute atomic E-state index is 13.1. The van der Waals surface area contributed by atoms with E-state index in [-0.39, 0.29) is 36.7 Å². The molecule has 0 radical (unpaired) electrons. The first-order chi connectivity index (χ1) is 20.4. The number of piperidine rings is 2. The summed E-state index contributed by atoms with van der Waals surface area (Å²) in [5.74, 6) is -1.82. The Kier molecular flexibility index (Phi) is 14.4. The van der Waals surface area contributed by atoms with E-state index in [0.717, 1.165) is 25.7 Å². The topological polar surface area (TPSA) is 151 Å². The van der Waals surface area contributed by atoms with Crippen LogP contribution in [0.2, 0.25) is 0 Å². The van der Waals surface area contributed by atoms with Gasteiger partial charge in [0.25, 0.3) is 0 Å². The fourth-order valence-electron chi connectivity index (χ4n) is 5.26. The van der Waals surface area contributed by atoms with E-state index < -0.39 is 39.0 Å². The highest BCUT2D eigenvalue weighted by Crippen LogP contribution is 2.25. The molecule has 0 aliphatic carbocycles. The van der Waals surface area contributed by atoms with Crippen LogP contribution in [0, 0.1) is 17.8 Å². The van der Waals surface area contributed by atoms with E-state index in [4.69, 9.17) is 9.47 Å². The minimum atomic E-state index is -3.56. The van der Waals surface area contributed by atoms with Gasteiger partial charge in [0.2, 0.25) is 21.8 Å². The van der Waals surface area contributed by atoms with Crippen molar-refractivity contribution < 1.29 is 37.1 Å². The van der Waals surface area contributed by atoms with Crippen molar-refractivity contribution >= 4 is 33.9 Å². The molecule has 3 amide bonds. The predicted octanol–water partition coefficient (Wildman–Crippen LogP) is 3.45. The number of ether oxygens (including phenoxy) is 2. The van der Waals surface area contributed by atoms with Crippen LogP contribution in [-0.4, -0.2) is 98.3 Å². The Morgan fingerprint density at radius 1 is 0.886 bits per heavy atom. The standard InChI is InChI=1S/C31H56N4O8S/c1-8-9-19-44(40,41)33-21-25(28(38)42-30(2,3)4)20-32-27(37)24-11-10-16-35(22-24)26(36)13-12-23-14-17-34(18-15-23)29(39)43-31(5,6)7/h23-25,33H,8-22H2,1-7H3,(H,32,37)/t24-,25+/m1/s1. The van der Waals surface area contributed by atoms with Crippen molar-refractivity contribution in [3.05, 3.63) is 0 Å². The summed E-state index contributed by atoms with van der Waals surface area (Å²) in [5, 5.41) is 2.81. The van der Waals surface area contributed by atoms with E-state index in [9.17, 15) is 27.6 Å². The molecule has 13 heteroatoms.